The summed E-state index contributed by atoms with van der Waals surface area (Å²) < 4.78 is 5.70. The van der Waals surface area contributed by atoms with Gasteiger partial charge in [0.25, 0.3) is 5.91 Å². The van der Waals surface area contributed by atoms with Gasteiger partial charge in [0, 0.05) is 24.1 Å². The molecule has 0 spiro atoms. The van der Waals surface area contributed by atoms with Crippen LogP contribution in [0.4, 0.5) is 0 Å². The molecule has 0 aliphatic rings. The van der Waals surface area contributed by atoms with Crippen molar-refractivity contribution in [1.82, 2.24) is 5.32 Å². The van der Waals surface area contributed by atoms with Crippen LogP contribution in [0.25, 0.3) is 0 Å². The van der Waals surface area contributed by atoms with E-state index in [9.17, 15) is 9.59 Å². The lowest BCUT2D eigenvalue weighted by Crippen LogP contribution is -2.30. The smallest absolute Gasteiger partial charge is 0.303 e. The summed E-state index contributed by atoms with van der Waals surface area (Å²) in [5.74, 6) is -0.477. The summed E-state index contributed by atoms with van der Waals surface area (Å²) in [6.07, 6.45) is 0.0268. The maximum atomic E-state index is 12.4. The van der Waals surface area contributed by atoms with Crippen LogP contribution in [0.15, 0.2) is 54.6 Å². The zero-order valence-electron chi connectivity index (χ0n) is 13.6. The Kier molecular flexibility index (Phi) is 6.37. The number of carboxylic acids is 1. The predicted molar refractivity (Wildman–Crippen MR) is 91.0 cm³/mol. The second kappa shape index (κ2) is 8.72. The topological polar surface area (TPSA) is 75.6 Å². The Balaban J connectivity index is 1.97. The summed E-state index contributed by atoms with van der Waals surface area (Å²) >= 11 is 0. The van der Waals surface area contributed by atoms with Crippen molar-refractivity contribution in [3.05, 3.63) is 65.7 Å². The SMILES string of the molecule is CC(CNC(=O)c1ccccc1COc1ccccc1)CC(=O)O. The number of carboxylic acid groups (broad SMARTS) is 1. The van der Waals surface area contributed by atoms with Crippen LogP contribution in [-0.4, -0.2) is 23.5 Å². The number of ether oxygens (including phenoxy) is 1. The standard InChI is InChI=1S/C19H21NO4/c1-14(11-18(21)22)12-20-19(23)17-10-6-5-7-15(17)13-24-16-8-3-2-4-9-16/h2-10,14H,11-13H2,1H3,(H,20,23)(H,21,22). The molecule has 24 heavy (non-hydrogen) atoms. The number of nitrogens with one attached hydrogen (secondary N) is 1. The largest absolute Gasteiger partial charge is 0.489 e. The number of carbonyl (C=O) groups excluding carboxylic acids is 1. The van der Waals surface area contributed by atoms with Gasteiger partial charge in [0.2, 0.25) is 0 Å². The average molecular weight is 327 g/mol. The number of para-hydroxylation sites is 1. The van der Waals surface area contributed by atoms with Gasteiger partial charge in [-0.25, -0.2) is 0 Å². The van der Waals surface area contributed by atoms with Crippen molar-refractivity contribution >= 4 is 11.9 Å². The molecule has 0 bridgehead atoms. The predicted octanol–water partition coefficient (Wildman–Crippen LogP) is 3.11. The Morgan fingerprint density at radius 2 is 1.75 bits per heavy atom. The molecular weight excluding hydrogens is 306 g/mol. The van der Waals surface area contributed by atoms with E-state index >= 15 is 0 Å². The van der Waals surface area contributed by atoms with Crippen LogP contribution in [0.1, 0.15) is 29.3 Å². The number of amides is 1. The first kappa shape index (κ1) is 17.5. The maximum Gasteiger partial charge on any atom is 0.303 e. The van der Waals surface area contributed by atoms with Gasteiger partial charge < -0.3 is 15.2 Å². The van der Waals surface area contributed by atoms with Crippen molar-refractivity contribution in [3.8, 4) is 5.75 Å². The summed E-state index contributed by atoms with van der Waals surface area (Å²) in [5.41, 5.74) is 1.32. The van der Waals surface area contributed by atoms with Crippen molar-refractivity contribution in [2.24, 2.45) is 5.92 Å². The number of benzene rings is 2. The summed E-state index contributed by atoms with van der Waals surface area (Å²) in [7, 11) is 0. The number of carbonyl (C=O) groups is 2. The third-order valence-corrected chi connectivity index (χ3v) is 3.53. The molecule has 2 aromatic rings. The van der Waals surface area contributed by atoms with E-state index in [0.29, 0.717) is 12.1 Å². The molecular formula is C19H21NO4. The van der Waals surface area contributed by atoms with Crippen LogP contribution in [-0.2, 0) is 11.4 Å². The Morgan fingerprint density at radius 1 is 1.08 bits per heavy atom. The molecule has 0 saturated heterocycles. The van der Waals surface area contributed by atoms with Gasteiger partial charge in [-0.1, -0.05) is 43.3 Å². The minimum atomic E-state index is -0.867. The molecule has 0 aromatic heterocycles. The van der Waals surface area contributed by atoms with E-state index in [-0.39, 0.29) is 24.9 Å². The minimum absolute atomic E-state index is 0.0268. The van der Waals surface area contributed by atoms with E-state index in [2.05, 4.69) is 5.32 Å². The van der Waals surface area contributed by atoms with E-state index < -0.39 is 5.97 Å². The van der Waals surface area contributed by atoms with Gasteiger partial charge >= 0.3 is 5.97 Å². The molecule has 0 fully saturated rings. The van der Waals surface area contributed by atoms with E-state index in [1.807, 2.05) is 42.5 Å². The van der Waals surface area contributed by atoms with Crippen LogP contribution in [0.5, 0.6) is 5.75 Å². The van der Waals surface area contributed by atoms with Crippen LogP contribution in [0.2, 0.25) is 0 Å². The van der Waals surface area contributed by atoms with Gasteiger partial charge in [0.1, 0.15) is 12.4 Å². The number of hydrogen-bond donors (Lipinski definition) is 2. The number of aliphatic carboxylic acids is 1. The molecule has 0 radical (unpaired) electrons. The Labute approximate surface area is 141 Å². The van der Waals surface area contributed by atoms with Gasteiger partial charge in [0.15, 0.2) is 0 Å². The maximum absolute atomic E-state index is 12.4. The van der Waals surface area contributed by atoms with Gasteiger partial charge in [-0.3, -0.25) is 9.59 Å². The highest BCUT2D eigenvalue weighted by molar-refractivity contribution is 5.95. The molecule has 0 aliphatic carbocycles. The van der Waals surface area contributed by atoms with Crippen molar-refractivity contribution in [2.75, 3.05) is 6.54 Å². The second-order valence-electron chi connectivity index (χ2n) is 5.67. The summed E-state index contributed by atoms with van der Waals surface area (Å²) in [6.45, 7) is 2.40. The van der Waals surface area contributed by atoms with Gasteiger partial charge in [-0.05, 0) is 24.1 Å². The Morgan fingerprint density at radius 3 is 2.46 bits per heavy atom. The lowest BCUT2D eigenvalue weighted by Gasteiger charge is -2.13. The molecule has 1 unspecified atom stereocenters. The van der Waals surface area contributed by atoms with Crippen molar-refractivity contribution < 1.29 is 19.4 Å². The van der Waals surface area contributed by atoms with Crippen LogP contribution >= 0.6 is 0 Å². The van der Waals surface area contributed by atoms with E-state index in [1.54, 1.807) is 19.1 Å². The van der Waals surface area contributed by atoms with Crippen LogP contribution < -0.4 is 10.1 Å². The van der Waals surface area contributed by atoms with Crippen LogP contribution in [0.3, 0.4) is 0 Å². The lowest BCUT2D eigenvalue weighted by atomic mass is 10.1. The highest BCUT2D eigenvalue weighted by atomic mass is 16.5. The first-order valence-electron chi connectivity index (χ1n) is 7.82. The van der Waals surface area contributed by atoms with Crippen molar-refractivity contribution in [1.29, 1.82) is 0 Å². The van der Waals surface area contributed by atoms with Gasteiger partial charge in [0.05, 0.1) is 0 Å². The normalized spacial score (nSPS) is 11.5. The fourth-order valence-corrected chi connectivity index (χ4v) is 2.28. The first-order chi connectivity index (χ1) is 11.6. The molecule has 0 saturated carbocycles. The van der Waals surface area contributed by atoms with Gasteiger partial charge in [-0.15, -0.1) is 0 Å². The van der Waals surface area contributed by atoms with Crippen molar-refractivity contribution in [3.63, 3.8) is 0 Å². The fourth-order valence-electron chi connectivity index (χ4n) is 2.28. The third-order valence-electron chi connectivity index (χ3n) is 3.53. The molecule has 5 heteroatoms. The zero-order valence-corrected chi connectivity index (χ0v) is 13.6. The van der Waals surface area contributed by atoms with E-state index in [1.165, 1.54) is 0 Å². The Hall–Kier alpha value is -2.82. The van der Waals surface area contributed by atoms with E-state index in [0.717, 1.165) is 11.3 Å². The monoisotopic (exact) mass is 327 g/mol. The second-order valence-corrected chi connectivity index (χ2v) is 5.67. The molecule has 0 aliphatic heterocycles. The molecule has 0 heterocycles. The molecule has 2 aromatic carbocycles. The number of hydrogen-bond acceptors (Lipinski definition) is 3. The highest BCUT2D eigenvalue weighted by Gasteiger charge is 2.13. The molecule has 126 valence electrons. The molecule has 1 atom stereocenters. The third kappa shape index (κ3) is 5.43. The fraction of sp³-hybridized carbons (Fsp3) is 0.263. The molecule has 1 amide bonds. The average Bonchev–Trinajstić information content (AvgIpc) is 2.58. The summed E-state index contributed by atoms with van der Waals surface area (Å²) in [5, 5.41) is 11.5. The van der Waals surface area contributed by atoms with Crippen molar-refractivity contribution in [2.45, 2.75) is 20.0 Å². The summed E-state index contributed by atoms with van der Waals surface area (Å²) in [6, 6.07) is 16.6. The first-order valence-corrected chi connectivity index (χ1v) is 7.82. The number of rotatable bonds is 8. The quantitative estimate of drug-likeness (QED) is 0.781. The lowest BCUT2D eigenvalue weighted by molar-refractivity contribution is -0.137. The van der Waals surface area contributed by atoms with Crippen LogP contribution in [0, 0.1) is 5.92 Å². The van der Waals surface area contributed by atoms with Gasteiger partial charge in [-0.2, -0.15) is 0 Å². The molecule has 2 rings (SSSR count). The van der Waals surface area contributed by atoms with E-state index in [4.69, 9.17) is 9.84 Å². The summed E-state index contributed by atoms with van der Waals surface area (Å²) in [4.78, 5) is 23.0. The molecule has 2 N–H and O–H groups in total. The minimum Gasteiger partial charge on any atom is -0.489 e. The Bertz CT molecular complexity index is 685. The highest BCUT2D eigenvalue weighted by Crippen LogP contribution is 2.15. The molecule has 5 nitrogen and oxygen atoms in total. The zero-order chi connectivity index (χ0) is 17.4.